The number of aliphatic hydroxyl groups excluding tert-OH is 3. The van der Waals surface area contributed by atoms with Crippen LogP contribution in [0.3, 0.4) is 0 Å². The van der Waals surface area contributed by atoms with E-state index >= 15 is 0 Å². The van der Waals surface area contributed by atoms with Gasteiger partial charge < -0.3 is 39.5 Å². The number of aryl methyl sites for hydroxylation is 2. The molecule has 1 atom stereocenters. The first-order valence-corrected chi connectivity index (χ1v) is 30.7. The fourth-order valence-corrected chi connectivity index (χ4v) is 11.5. The highest BCUT2D eigenvalue weighted by atomic mass is 32.5. The first kappa shape index (κ1) is 59.7. The van der Waals surface area contributed by atoms with Crippen molar-refractivity contribution in [2.45, 2.75) is 88.6 Å². The summed E-state index contributed by atoms with van der Waals surface area (Å²) in [6, 6.07) is 23.3. The van der Waals surface area contributed by atoms with E-state index in [1.54, 1.807) is 30.3 Å². The molecule has 2 heterocycles. The Morgan fingerprint density at radius 1 is 0.600 bits per heavy atom. The lowest BCUT2D eigenvalue weighted by atomic mass is 9.76. The number of carbonyl (C=O) groups excluding carboxylic acids is 2. The molecule has 1 unspecified atom stereocenters. The van der Waals surface area contributed by atoms with Gasteiger partial charge in [-0.1, -0.05) is 60.3 Å². The number of aliphatic hydroxyl groups is 3. The van der Waals surface area contributed by atoms with Crippen LogP contribution in [0.5, 0.6) is 0 Å². The highest BCUT2D eigenvalue weighted by molar-refractivity contribution is 8.11. The van der Waals surface area contributed by atoms with Gasteiger partial charge >= 0.3 is 12.4 Å². The van der Waals surface area contributed by atoms with Crippen LogP contribution in [0.1, 0.15) is 73.6 Å². The van der Waals surface area contributed by atoms with Crippen molar-refractivity contribution >= 4 is 59.3 Å². The maximum absolute atomic E-state index is 13.5. The van der Waals surface area contributed by atoms with Crippen LogP contribution in [0.15, 0.2) is 96.4 Å². The van der Waals surface area contributed by atoms with E-state index in [9.17, 15) is 60.0 Å². The maximum atomic E-state index is 13.5. The summed E-state index contributed by atoms with van der Waals surface area (Å²) < 4.78 is 115. The summed E-state index contributed by atoms with van der Waals surface area (Å²) >= 11 is 10.00. The molecule has 2 aliphatic heterocycles. The Balaban J connectivity index is 0.000000212. The topological polar surface area (TPSA) is 147 Å². The van der Waals surface area contributed by atoms with Crippen molar-refractivity contribution in [1.29, 1.82) is 0 Å². The van der Waals surface area contributed by atoms with Crippen LogP contribution in [-0.4, -0.2) is 97.0 Å². The zero-order chi connectivity index (χ0) is 55.3. The molecule has 5 N–H and O–H groups in total. The van der Waals surface area contributed by atoms with E-state index < -0.39 is 55.3 Å². The number of hydrogen-bond donors (Lipinski definition) is 5. The Labute approximate surface area is 441 Å². The van der Waals surface area contributed by atoms with E-state index in [1.165, 1.54) is 44.3 Å². The third-order valence-electron chi connectivity index (χ3n) is 13.6. The van der Waals surface area contributed by atoms with E-state index in [4.69, 9.17) is 20.9 Å². The third kappa shape index (κ3) is 15.6. The van der Waals surface area contributed by atoms with E-state index in [0.717, 1.165) is 46.2 Å². The number of carbonyl (C=O) groups is 2. The van der Waals surface area contributed by atoms with Crippen molar-refractivity contribution in [3.05, 3.63) is 130 Å². The van der Waals surface area contributed by atoms with Gasteiger partial charge in [-0.05, 0) is 183 Å². The summed E-state index contributed by atoms with van der Waals surface area (Å²) in [6.45, 7) is 1.97. The molecule has 408 valence electrons. The molecule has 2 amide bonds. The van der Waals surface area contributed by atoms with E-state index in [1.807, 2.05) is 44.2 Å². The molecule has 4 aliphatic rings. The molecule has 4 aromatic rings. The molecule has 2 fully saturated rings. The minimum atomic E-state index is -4.58. The van der Waals surface area contributed by atoms with Gasteiger partial charge in [0.15, 0.2) is 6.61 Å². The largest absolute Gasteiger partial charge is 0.509 e. The Morgan fingerprint density at radius 2 is 0.973 bits per heavy atom. The zero-order valence-corrected chi connectivity index (χ0v) is 45.3. The summed E-state index contributed by atoms with van der Waals surface area (Å²) in [5.41, 5.74) is 4.89. The van der Waals surface area contributed by atoms with Crippen molar-refractivity contribution in [1.82, 2.24) is 10.6 Å². The Morgan fingerprint density at radius 3 is 1.37 bits per heavy atom. The van der Waals surface area contributed by atoms with Crippen molar-refractivity contribution < 1.29 is 73.6 Å². The standard InChI is InChI=1S/C26H28F4NO4PS.C23H24FNO3.C4H8F3OPS/c1-16-3-4-19(18-5-7-20(27)8-6-18)13-21(16)22-23(35-36(2,37)34-15-26(28,29)30)25(31-24(22)33)11-9-17(14-32)10-12-25;1-14-2-3-17(16-4-6-18(24)7-5-16)12-19(14)20-21(27)23(25-22(20)28)10-8-15(13-26)9-11-23;1-9(2,10)8-3-4(5,6)7/h3-8,13,17,32H,9-12,14-15H2,1-2H3,(H,31,33);2-7,12,15,26-27H,8-11,13H2,1H3,(H,25,28);3H2,1-2H3. The molecule has 2 spiro atoms. The van der Waals surface area contributed by atoms with Gasteiger partial charge in [0.05, 0.1) is 28.5 Å². The lowest BCUT2D eigenvalue weighted by Crippen LogP contribution is -2.48. The predicted octanol–water partition coefficient (Wildman–Crippen LogP) is 12.4. The van der Waals surface area contributed by atoms with Crippen LogP contribution in [0.4, 0.5) is 35.1 Å². The molecule has 0 radical (unpaired) electrons. The lowest BCUT2D eigenvalue weighted by Gasteiger charge is -2.39. The minimum absolute atomic E-state index is 0.00998. The molecular weight excluding hydrogens is 1070 g/mol. The van der Waals surface area contributed by atoms with E-state index in [-0.39, 0.29) is 59.7 Å². The molecule has 0 aromatic heterocycles. The predicted molar refractivity (Wildman–Crippen MR) is 281 cm³/mol. The number of alkyl halides is 6. The Bertz CT molecular complexity index is 2870. The Kier molecular flexibility index (Phi) is 19.1. The molecule has 4 aromatic carbocycles. The number of benzene rings is 4. The van der Waals surface area contributed by atoms with Gasteiger partial charge in [-0.25, -0.2) is 8.78 Å². The highest BCUT2D eigenvalue weighted by Gasteiger charge is 2.51. The summed E-state index contributed by atoms with van der Waals surface area (Å²) in [5, 5.41) is 36.1. The van der Waals surface area contributed by atoms with Crippen molar-refractivity contribution in [2.24, 2.45) is 11.8 Å². The van der Waals surface area contributed by atoms with Crippen LogP contribution in [-0.2, 0) is 46.8 Å². The maximum Gasteiger partial charge on any atom is 0.412 e. The summed E-state index contributed by atoms with van der Waals surface area (Å²) in [6.07, 6.45) is -6.13. The van der Waals surface area contributed by atoms with Crippen molar-refractivity contribution in [3.8, 4) is 22.3 Å². The van der Waals surface area contributed by atoms with Gasteiger partial charge in [0.1, 0.15) is 29.8 Å². The zero-order valence-electron chi connectivity index (χ0n) is 41.8. The summed E-state index contributed by atoms with van der Waals surface area (Å²) in [5.74, 6) is -0.772. The Hall–Kier alpha value is -4.52. The van der Waals surface area contributed by atoms with Gasteiger partial charge in [-0.15, -0.1) is 0 Å². The second kappa shape index (κ2) is 24.0. The highest BCUT2D eigenvalue weighted by Crippen LogP contribution is 2.55. The van der Waals surface area contributed by atoms with Crippen LogP contribution >= 0.6 is 12.8 Å². The van der Waals surface area contributed by atoms with Gasteiger partial charge in [0.2, 0.25) is 6.49 Å². The molecular formula is C53H60F8N2O8P2S2. The monoisotopic (exact) mass is 1130 g/mol. The number of hydrogen-bond acceptors (Lipinski definition) is 10. The van der Waals surface area contributed by atoms with E-state index in [0.29, 0.717) is 55.2 Å². The smallest absolute Gasteiger partial charge is 0.412 e. The average Bonchev–Trinajstić information content (AvgIpc) is 3.73. The first-order valence-electron chi connectivity index (χ1n) is 24.0. The van der Waals surface area contributed by atoms with Crippen molar-refractivity contribution in [2.75, 3.05) is 46.4 Å². The van der Waals surface area contributed by atoms with Crippen LogP contribution < -0.4 is 10.6 Å². The average molecular weight is 1130 g/mol. The minimum Gasteiger partial charge on any atom is -0.509 e. The molecule has 2 saturated carbocycles. The normalized spacial score (nSPS) is 22.8. The fraction of sp³-hybridized carbons (Fsp3) is 0.434. The van der Waals surface area contributed by atoms with Crippen LogP contribution in [0.25, 0.3) is 33.4 Å². The van der Waals surface area contributed by atoms with Crippen molar-refractivity contribution in [3.63, 3.8) is 0 Å². The second-order valence-corrected chi connectivity index (χ2v) is 29.1. The lowest BCUT2D eigenvalue weighted by molar-refractivity contribution is -0.153. The number of halogens is 8. The fourth-order valence-electron chi connectivity index (χ4n) is 9.45. The van der Waals surface area contributed by atoms with Crippen LogP contribution in [0.2, 0.25) is 0 Å². The van der Waals surface area contributed by atoms with Crippen LogP contribution in [0, 0.1) is 37.3 Å². The summed E-state index contributed by atoms with van der Waals surface area (Å²) in [7, 11) is 0. The molecule has 22 heteroatoms. The second-order valence-electron chi connectivity index (χ2n) is 19.7. The SMILES string of the molecule is CP(C)(=S)OCC(F)(F)F.Cc1ccc(-c2ccc(F)cc2)cc1C1=C(O)C2(CCC(CO)CC2)NC1=O.Cc1ccc(-c2ccc(F)cc2)cc1C1=C(OP(C)(=S)OCC(F)(F)F)C2(CCC(CO)CC2)NC1=O. The number of rotatable bonds is 12. The molecule has 8 rings (SSSR count). The molecule has 75 heavy (non-hydrogen) atoms. The van der Waals surface area contributed by atoms with Gasteiger partial charge in [0, 0.05) is 19.9 Å². The van der Waals surface area contributed by atoms with Gasteiger partial charge in [-0.2, -0.15) is 26.3 Å². The third-order valence-corrected chi connectivity index (χ3v) is 16.3. The molecule has 0 bridgehead atoms. The van der Waals surface area contributed by atoms with E-state index in [2.05, 4.69) is 27.0 Å². The van der Waals surface area contributed by atoms with Gasteiger partial charge in [-0.3, -0.25) is 9.59 Å². The first-order chi connectivity index (χ1) is 35.0. The molecule has 2 aliphatic carbocycles. The molecule has 0 saturated heterocycles. The quantitative estimate of drug-likeness (QED) is 0.0686. The number of nitrogens with one attached hydrogen (secondary N) is 2. The molecule has 10 nitrogen and oxygen atoms in total. The summed E-state index contributed by atoms with van der Waals surface area (Å²) in [4.78, 5) is 26.3. The number of amides is 2. The van der Waals surface area contributed by atoms with Gasteiger partial charge in [0.25, 0.3) is 11.8 Å².